The molecular formula is C18H29NO2. The largest absolute Gasteiger partial charge is 0.494 e. The molecule has 2 rings (SSSR count). The van der Waals surface area contributed by atoms with E-state index in [1.54, 1.807) is 0 Å². The maximum absolute atomic E-state index is 10.4. The Hall–Kier alpha value is -1.06. The topological polar surface area (TPSA) is 55.5 Å². The second-order valence-corrected chi connectivity index (χ2v) is 7.31. The average Bonchev–Trinajstić information content (AvgIpc) is 2.81. The van der Waals surface area contributed by atoms with Crippen LogP contribution in [0.4, 0.5) is 0 Å². The molecule has 0 aliphatic heterocycles. The number of hydrogen-bond acceptors (Lipinski definition) is 3. The standard InChI is InChI=1S/C18H29NO2/c1-17(2,3)15-6-4-8-16(12-15)21-11-9-14-7-5-10-18(14,20)13-19/h4,6,8,12,14,20H,5,7,9-11,13,19H2,1-3H3. The molecule has 2 atom stereocenters. The fourth-order valence-electron chi connectivity index (χ4n) is 3.18. The quantitative estimate of drug-likeness (QED) is 0.875. The number of ether oxygens (including phenoxy) is 1. The van der Waals surface area contributed by atoms with Crippen LogP contribution in [0.2, 0.25) is 0 Å². The van der Waals surface area contributed by atoms with E-state index in [2.05, 4.69) is 32.9 Å². The van der Waals surface area contributed by atoms with E-state index in [1.807, 2.05) is 12.1 Å². The van der Waals surface area contributed by atoms with Crippen molar-refractivity contribution in [2.45, 2.75) is 57.5 Å². The molecule has 1 aromatic carbocycles. The minimum absolute atomic E-state index is 0.130. The van der Waals surface area contributed by atoms with Crippen LogP contribution in [0.5, 0.6) is 5.75 Å². The molecule has 0 heterocycles. The molecule has 3 heteroatoms. The highest BCUT2D eigenvalue weighted by Crippen LogP contribution is 2.37. The zero-order valence-electron chi connectivity index (χ0n) is 13.6. The summed E-state index contributed by atoms with van der Waals surface area (Å²) >= 11 is 0. The summed E-state index contributed by atoms with van der Waals surface area (Å²) in [7, 11) is 0. The van der Waals surface area contributed by atoms with E-state index in [1.165, 1.54) is 5.56 Å². The van der Waals surface area contributed by atoms with Gasteiger partial charge in [-0.25, -0.2) is 0 Å². The van der Waals surface area contributed by atoms with Gasteiger partial charge in [0, 0.05) is 6.54 Å². The van der Waals surface area contributed by atoms with Crippen molar-refractivity contribution in [1.29, 1.82) is 0 Å². The van der Waals surface area contributed by atoms with E-state index in [0.717, 1.165) is 31.4 Å². The van der Waals surface area contributed by atoms with Crippen LogP contribution in [0, 0.1) is 5.92 Å². The van der Waals surface area contributed by atoms with Gasteiger partial charge in [0.1, 0.15) is 5.75 Å². The minimum Gasteiger partial charge on any atom is -0.494 e. The fraction of sp³-hybridized carbons (Fsp3) is 0.667. The predicted octanol–water partition coefficient (Wildman–Crippen LogP) is 3.24. The van der Waals surface area contributed by atoms with Crippen LogP contribution in [-0.4, -0.2) is 23.9 Å². The Balaban J connectivity index is 1.89. The van der Waals surface area contributed by atoms with Gasteiger partial charge in [0.25, 0.3) is 0 Å². The van der Waals surface area contributed by atoms with E-state index in [-0.39, 0.29) is 11.3 Å². The molecule has 0 radical (unpaired) electrons. The Morgan fingerprint density at radius 3 is 2.81 bits per heavy atom. The van der Waals surface area contributed by atoms with E-state index in [9.17, 15) is 5.11 Å². The lowest BCUT2D eigenvalue weighted by Crippen LogP contribution is -2.41. The van der Waals surface area contributed by atoms with Crippen LogP contribution in [0.15, 0.2) is 24.3 Å². The number of aliphatic hydroxyl groups is 1. The van der Waals surface area contributed by atoms with Crippen LogP contribution in [-0.2, 0) is 5.41 Å². The SMILES string of the molecule is CC(C)(C)c1cccc(OCCC2CCCC2(O)CN)c1. The van der Waals surface area contributed by atoms with Gasteiger partial charge in [0.2, 0.25) is 0 Å². The van der Waals surface area contributed by atoms with Crippen molar-refractivity contribution < 1.29 is 9.84 Å². The van der Waals surface area contributed by atoms with E-state index in [4.69, 9.17) is 10.5 Å². The average molecular weight is 291 g/mol. The lowest BCUT2D eigenvalue weighted by atomic mass is 9.87. The van der Waals surface area contributed by atoms with Crippen molar-refractivity contribution >= 4 is 0 Å². The normalized spacial score (nSPS) is 26.0. The molecule has 1 fully saturated rings. The third kappa shape index (κ3) is 3.98. The molecule has 1 aliphatic carbocycles. The van der Waals surface area contributed by atoms with Gasteiger partial charge in [-0.2, -0.15) is 0 Å². The summed E-state index contributed by atoms with van der Waals surface area (Å²) in [5.41, 5.74) is 6.45. The molecule has 0 amide bonds. The van der Waals surface area contributed by atoms with Crippen molar-refractivity contribution in [3.05, 3.63) is 29.8 Å². The fourth-order valence-corrected chi connectivity index (χ4v) is 3.18. The van der Waals surface area contributed by atoms with Crippen LogP contribution < -0.4 is 10.5 Å². The number of rotatable bonds is 5. The van der Waals surface area contributed by atoms with Crippen LogP contribution in [0.25, 0.3) is 0 Å². The molecule has 1 saturated carbocycles. The smallest absolute Gasteiger partial charge is 0.119 e. The van der Waals surface area contributed by atoms with E-state index >= 15 is 0 Å². The van der Waals surface area contributed by atoms with Crippen LogP contribution in [0.3, 0.4) is 0 Å². The highest BCUT2D eigenvalue weighted by molar-refractivity contribution is 5.32. The third-order valence-corrected chi connectivity index (χ3v) is 4.71. The third-order valence-electron chi connectivity index (χ3n) is 4.71. The first-order chi connectivity index (χ1) is 9.85. The highest BCUT2D eigenvalue weighted by Gasteiger charge is 2.39. The lowest BCUT2D eigenvalue weighted by molar-refractivity contribution is 0.00354. The molecule has 3 nitrogen and oxygen atoms in total. The van der Waals surface area contributed by atoms with Crippen molar-refractivity contribution in [2.75, 3.05) is 13.2 Å². The predicted molar refractivity (Wildman–Crippen MR) is 86.6 cm³/mol. The Labute approximate surface area is 128 Å². The summed E-state index contributed by atoms with van der Waals surface area (Å²) in [5.74, 6) is 1.19. The molecule has 1 aliphatic rings. The number of nitrogens with two attached hydrogens (primary N) is 1. The summed E-state index contributed by atoms with van der Waals surface area (Å²) in [6, 6.07) is 8.29. The van der Waals surface area contributed by atoms with Gasteiger partial charge in [0.05, 0.1) is 12.2 Å². The second-order valence-electron chi connectivity index (χ2n) is 7.31. The maximum Gasteiger partial charge on any atom is 0.119 e. The summed E-state index contributed by atoms with van der Waals surface area (Å²) in [6.07, 6.45) is 3.82. The molecule has 0 saturated heterocycles. The molecule has 21 heavy (non-hydrogen) atoms. The maximum atomic E-state index is 10.4. The first-order valence-electron chi connectivity index (χ1n) is 8.01. The van der Waals surface area contributed by atoms with E-state index < -0.39 is 5.60 Å². The summed E-state index contributed by atoms with van der Waals surface area (Å²) in [4.78, 5) is 0. The zero-order chi connectivity index (χ0) is 15.5. The summed E-state index contributed by atoms with van der Waals surface area (Å²) in [5, 5.41) is 10.4. The number of hydrogen-bond donors (Lipinski definition) is 2. The van der Waals surface area contributed by atoms with Gasteiger partial charge in [-0.05, 0) is 48.3 Å². The van der Waals surface area contributed by atoms with Crippen molar-refractivity contribution in [3.8, 4) is 5.75 Å². The molecule has 118 valence electrons. The first-order valence-corrected chi connectivity index (χ1v) is 8.01. The molecular weight excluding hydrogens is 262 g/mol. The van der Waals surface area contributed by atoms with Crippen LogP contribution >= 0.6 is 0 Å². The van der Waals surface area contributed by atoms with Crippen molar-refractivity contribution in [1.82, 2.24) is 0 Å². The first kappa shape index (κ1) is 16.3. The van der Waals surface area contributed by atoms with Gasteiger partial charge >= 0.3 is 0 Å². The van der Waals surface area contributed by atoms with Gasteiger partial charge in [-0.15, -0.1) is 0 Å². The molecule has 3 N–H and O–H groups in total. The Morgan fingerprint density at radius 1 is 1.38 bits per heavy atom. The Kier molecular flexibility index (Phi) is 4.95. The van der Waals surface area contributed by atoms with Crippen molar-refractivity contribution in [3.63, 3.8) is 0 Å². The Morgan fingerprint density at radius 2 is 2.14 bits per heavy atom. The van der Waals surface area contributed by atoms with Crippen molar-refractivity contribution in [2.24, 2.45) is 11.7 Å². The van der Waals surface area contributed by atoms with Gasteiger partial charge in [-0.1, -0.05) is 39.3 Å². The highest BCUT2D eigenvalue weighted by atomic mass is 16.5. The summed E-state index contributed by atoms with van der Waals surface area (Å²) < 4.78 is 5.89. The Bertz CT molecular complexity index is 467. The molecule has 0 spiro atoms. The molecule has 1 aromatic rings. The van der Waals surface area contributed by atoms with Gasteiger partial charge in [0.15, 0.2) is 0 Å². The van der Waals surface area contributed by atoms with Crippen LogP contribution in [0.1, 0.15) is 52.0 Å². The minimum atomic E-state index is -0.670. The lowest BCUT2D eigenvalue weighted by Gasteiger charge is -2.28. The van der Waals surface area contributed by atoms with Gasteiger partial charge < -0.3 is 15.6 Å². The van der Waals surface area contributed by atoms with E-state index in [0.29, 0.717) is 13.2 Å². The summed E-state index contributed by atoms with van der Waals surface area (Å²) in [6.45, 7) is 7.60. The number of benzene rings is 1. The monoisotopic (exact) mass is 291 g/mol. The molecule has 2 unspecified atom stereocenters. The van der Waals surface area contributed by atoms with Gasteiger partial charge in [-0.3, -0.25) is 0 Å². The molecule has 0 bridgehead atoms. The second kappa shape index (κ2) is 6.37. The molecule has 0 aromatic heterocycles. The zero-order valence-corrected chi connectivity index (χ0v) is 13.6.